The first-order chi connectivity index (χ1) is 16.1. The van der Waals surface area contributed by atoms with Crippen LogP contribution in [0, 0.1) is 0 Å². The van der Waals surface area contributed by atoms with Gasteiger partial charge in [-0.3, -0.25) is 0 Å². The molecule has 2 atom stereocenters. The van der Waals surface area contributed by atoms with Crippen LogP contribution in [0.3, 0.4) is 0 Å². The number of fused-ring (bicyclic) bond motifs is 1. The first-order valence-corrected chi connectivity index (χ1v) is 13.5. The number of ether oxygens (including phenoxy) is 1. The van der Waals surface area contributed by atoms with Gasteiger partial charge in [0.05, 0.1) is 23.2 Å². The van der Waals surface area contributed by atoms with Crippen molar-refractivity contribution in [2.24, 2.45) is 0 Å². The minimum Gasteiger partial charge on any atom is -0.598 e. The van der Waals surface area contributed by atoms with E-state index in [2.05, 4.69) is 4.72 Å². The van der Waals surface area contributed by atoms with Gasteiger partial charge in [0.1, 0.15) is 16.5 Å². The van der Waals surface area contributed by atoms with Crippen molar-refractivity contribution in [3.63, 3.8) is 0 Å². The average molecular weight is 497 g/mol. The topological polar surface area (TPSA) is 83.4 Å². The molecule has 0 aliphatic heterocycles. The molecule has 1 aromatic heterocycles. The van der Waals surface area contributed by atoms with Gasteiger partial charge in [-0.2, -0.15) is 0 Å². The molecule has 4 rings (SSSR count). The van der Waals surface area contributed by atoms with Crippen LogP contribution in [0.25, 0.3) is 10.9 Å². The number of hydrogen-bond donors (Lipinski definition) is 1. The Labute approximate surface area is 203 Å². The Morgan fingerprint density at radius 3 is 2.24 bits per heavy atom. The maximum atomic E-state index is 13.9. The number of hydrogen-bond acceptors (Lipinski definition) is 5. The first-order valence-electron chi connectivity index (χ1n) is 10.9. The normalized spacial score (nSPS) is 14.1. The second-order valence-electron chi connectivity index (χ2n) is 8.88. The highest BCUT2D eigenvalue weighted by atomic mass is 32.2. The second kappa shape index (κ2) is 9.46. The first kappa shape index (κ1) is 24.3. The zero-order valence-electron chi connectivity index (χ0n) is 19.6. The highest BCUT2D eigenvalue weighted by Gasteiger charge is 2.35. The van der Waals surface area contributed by atoms with E-state index >= 15 is 0 Å². The lowest BCUT2D eigenvalue weighted by Crippen LogP contribution is -2.42. The largest absolute Gasteiger partial charge is 0.598 e. The van der Waals surface area contributed by atoms with Crippen LogP contribution in [-0.2, 0) is 21.4 Å². The molecule has 1 N–H and O–H groups in total. The molecule has 0 amide bonds. The highest BCUT2D eigenvalue weighted by molar-refractivity contribution is 7.91. The Morgan fingerprint density at radius 1 is 0.941 bits per heavy atom. The summed E-state index contributed by atoms with van der Waals surface area (Å²) in [6.45, 7) is 5.60. The van der Waals surface area contributed by atoms with Crippen molar-refractivity contribution in [2.45, 2.75) is 36.5 Å². The molecule has 3 aromatic carbocycles. The molecule has 0 saturated carbocycles. The van der Waals surface area contributed by atoms with Gasteiger partial charge in [-0.05, 0) is 51.1 Å². The molecule has 178 valence electrons. The Hall–Kier alpha value is -2.78. The summed E-state index contributed by atoms with van der Waals surface area (Å²) in [7, 11) is -2.40. The standard InChI is InChI=1S/C26H28N2O4S2/c1-26(2,3)33(29)27-25(21-15-9-11-17-24(21)32-4)23-18-19-12-8-10-16-22(19)28(23)34(30,31)20-13-6-5-7-14-20/h5-18,25,27H,1-4H3. The summed E-state index contributed by atoms with van der Waals surface area (Å²) in [6, 6.07) is 24.1. The predicted molar refractivity (Wildman–Crippen MR) is 137 cm³/mol. The number of para-hydroxylation sites is 2. The van der Waals surface area contributed by atoms with Crippen LogP contribution in [0.1, 0.15) is 38.1 Å². The van der Waals surface area contributed by atoms with Crippen LogP contribution in [0.2, 0.25) is 0 Å². The average Bonchev–Trinajstić information content (AvgIpc) is 3.22. The molecule has 0 fully saturated rings. The van der Waals surface area contributed by atoms with E-state index in [0.29, 0.717) is 22.5 Å². The Balaban J connectivity index is 2.02. The van der Waals surface area contributed by atoms with Crippen molar-refractivity contribution in [1.29, 1.82) is 0 Å². The summed E-state index contributed by atoms with van der Waals surface area (Å²) in [5, 5.41) is 0.764. The number of nitrogens with zero attached hydrogens (tertiary/aromatic N) is 1. The molecular formula is C26H28N2O4S2. The fourth-order valence-electron chi connectivity index (χ4n) is 3.79. The fourth-order valence-corrected chi connectivity index (χ4v) is 6.18. The summed E-state index contributed by atoms with van der Waals surface area (Å²) in [6.07, 6.45) is 0. The zero-order valence-corrected chi connectivity index (χ0v) is 21.2. The summed E-state index contributed by atoms with van der Waals surface area (Å²) in [5.41, 5.74) is 1.69. The van der Waals surface area contributed by atoms with Crippen molar-refractivity contribution in [1.82, 2.24) is 8.69 Å². The van der Waals surface area contributed by atoms with Gasteiger partial charge >= 0.3 is 0 Å². The molecule has 34 heavy (non-hydrogen) atoms. The van der Waals surface area contributed by atoms with Gasteiger partial charge < -0.3 is 9.29 Å². The lowest BCUT2D eigenvalue weighted by molar-refractivity contribution is 0.405. The molecule has 6 nitrogen and oxygen atoms in total. The van der Waals surface area contributed by atoms with E-state index in [0.717, 1.165) is 5.39 Å². The molecule has 8 heteroatoms. The van der Waals surface area contributed by atoms with Crippen LogP contribution in [-0.4, -0.2) is 28.8 Å². The van der Waals surface area contributed by atoms with Gasteiger partial charge in [-0.25, -0.2) is 12.4 Å². The molecule has 0 radical (unpaired) electrons. The van der Waals surface area contributed by atoms with E-state index in [9.17, 15) is 13.0 Å². The summed E-state index contributed by atoms with van der Waals surface area (Å²) >= 11 is -1.49. The monoisotopic (exact) mass is 496 g/mol. The third-order valence-electron chi connectivity index (χ3n) is 5.50. The number of benzene rings is 3. The maximum Gasteiger partial charge on any atom is 0.268 e. The van der Waals surface area contributed by atoms with Crippen molar-refractivity contribution >= 4 is 32.3 Å². The Morgan fingerprint density at radius 2 is 1.56 bits per heavy atom. The molecule has 0 saturated heterocycles. The van der Waals surface area contributed by atoms with Gasteiger partial charge in [0.2, 0.25) is 0 Å². The number of methoxy groups -OCH3 is 1. The van der Waals surface area contributed by atoms with E-state index in [1.807, 2.05) is 69.3 Å². The van der Waals surface area contributed by atoms with Gasteiger partial charge in [0.15, 0.2) is 0 Å². The van der Waals surface area contributed by atoms with Crippen LogP contribution in [0.4, 0.5) is 0 Å². The Bertz CT molecular complexity index is 1390. The smallest absolute Gasteiger partial charge is 0.268 e. The lowest BCUT2D eigenvalue weighted by Gasteiger charge is -2.29. The fraction of sp³-hybridized carbons (Fsp3) is 0.231. The third-order valence-corrected chi connectivity index (χ3v) is 8.82. The van der Waals surface area contributed by atoms with Crippen molar-refractivity contribution < 1.29 is 17.7 Å². The van der Waals surface area contributed by atoms with Gasteiger partial charge in [-0.15, -0.1) is 4.72 Å². The van der Waals surface area contributed by atoms with Crippen LogP contribution >= 0.6 is 0 Å². The second-order valence-corrected chi connectivity index (χ2v) is 12.7. The SMILES string of the molecule is COc1ccccc1C(N[S+]([O-])C(C)(C)C)c1cc2ccccc2n1S(=O)(=O)c1ccccc1. The third kappa shape index (κ3) is 4.59. The maximum absolute atomic E-state index is 13.9. The van der Waals surface area contributed by atoms with Crippen molar-refractivity contribution in [2.75, 3.05) is 7.11 Å². The van der Waals surface area contributed by atoms with Gasteiger partial charge in [0, 0.05) is 22.3 Å². The molecule has 0 aliphatic rings. The van der Waals surface area contributed by atoms with E-state index in [1.165, 1.54) is 3.97 Å². The highest BCUT2D eigenvalue weighted by Crippen LogP contribution is 2.36. The van der Waals surface area contributed by atoms with Crippen LogP contribution in [0.15, 0.2) is 89.8 Å². The van der Waals surface area contributed by atoms with E-state index < -0.39 is 32.2 Å². The van der Waals surface area contributed by atoms with Crippen molar-refractivity contribution in [3.8, 4) is 5.75 Å². The molecule has 1 heterocycles. The molecular weight excluding hydrogens is 468 g/mol. The Kier molecular flexibility index (Phi) is 6.78. The van der Waals surface area contributed by atoms with Crippen molar-refractivity contribution in [3.05, 3.63) is 96.2 Å². The molecule has 0 spiro atoms. The zero-order chi connectivity index (χ0) is 24.5. The van der Waals surface area contributed by atoms with E-state index in [-0.39, 0.29) is 4.90 Å². The number of nitrogens with one attached hydrogen (secondary N) is 1. The molecule has 4 aromatic rings. The number of rotatable bonds is 7. The molecule has 0 bridgehead atoms. The van der Waals surface area contributed by atoms with Crippen LogP contribution < -0.4 is 9.46 Å². The quantitative estimate of drug-likeness (QED) is 0.363. The van der Waals surface area contributed by atoms with Crippen LogP contribution in [0.5, 0.6) is 5.75 Å². The lowest BCUT2D eigenvalue weighted by atomic mass is 10.0. The summed E-state index contributed by atoms with van der Waals surface area (Å²) < 4.78 is 50.7. The summed E-state index contributed by atoms with van der Waals surface area (Å²) in [4.78, 5) is 0.174. The minimum absolute atomic E-state index is 0.174. The van der Waals surface area contributed by atoms with E-state index in [4.69, 9.17) is 4.74 Å². The van der Waals surface area contributed by atoms with Gasteiger partial charge in [0.25, 0.3) is 10.0 Å². The number of aromatic nitrogens is 1. The molecule has 2 unspecified atom stereocenters. The van der Waals surface area contributed by atoms with E-state index in [1.54, 1.807) is 43.5 Å². The van der Waals surface area contributed by atoms with Gasteiger partial charge in [-0.1, -0.05) is 54.6 Å². The predicted octanol–water partition coefficient (Wildman–Crippen LogP) is 5.03. The summed E-state index contributed by atoms with van der Waals surface area (Å²) in [5.74, 6) is 0.569. The molecule has 0 aliphatic carbocycles. The minimum atomic E-state index is -3.96.